The van der Waals surface area contributed by atoms with Gasteiger partial charge in [-0.3, -0.25) is 9.59 Å². The molecule has 27 heavy (non-hydrogen) atoms. The Balaban J connectivity index is 1.57. The molecule has 0 saturated carbocycles. The van der Waals surface area contributed by atoms with Crippen molar-refractivity contribution in [2.45, 2.75) is 57.9 Å². The highest BCUT2D eigenvalue weighted by Crippen LogP contribution is 2.31. The normalized spacial score (nSPS) is 17.4. The van der Waals surface area contributed by atoms with Crippen LogP contribution in [0.5, 0.6) is 0 Å². The summed E-state index contributed by atoms with van der Waals surface area (Å²) in [5, 5.41) is 2.90. The number of nitrogens with zero attached hydrogens (tertiary/aromatic N) is 1. The molecule has 2 heterocycles. The number of carbonyl (C=O) groups is 2. The topological polar surface area (TPSA) is 62.6 Å². The van der Waals surface area contributed by atoms with E-state index in [1.54, 1.807) is 6.26 Å². The van der Waals surface area contributed by atoms with Crippen molar-refractivity contribution in [2.24, 2.45) is 0 Å². The highest BCUT2D eigenvalue weighted by molar-refractivity contribution is 5.93. The monoisotopic (exact) mass is 368 g/mol. The van der Waals surface area contributed by atoms with Crippen molar-refractivity contribution >= 4 is 17.5 Å². The zero-order valence-electron chi connectivity index (χ0n) is 15.9. The lowest BCUT2D eigenvalue weighted by molar-refractivity contribution is -0.135. The van der Waals surface area contributed by atoms with Crippen LogP contribution in [0.15, 0.2) is 47.1 Å². The Kier molecular flexibility index (Phi) is 6.69. The lowest BCUT2D eigenvalue weighted by Gasteiger charge is -2.28. The van der Waals surface area contributed by atoms with Gasteiger partial charge in [0.1, 0.15) is 5.76 Å². The fraction of sp³-hybridized carbons (Fsp3) is 0.455. The van der Waals surface area contributed by atoms with E-state index in [1.807, 2.05) is 41.3 Å². The van der Waals surface area contributed by atoms with E-state index in [0.717, 1.165) is 50.1 Å². The van der Waals surface area contributed by atoms with Crippen molar-refractivity contribution in [3.63, 3.8) is 0 Å². The molecular formula is C22H28N2O3. The Labute approximate surface area is 160 Å². The van der Waals surface area contributed by atoms with Crippen molar-refractivity contribution in [1.29, 1.82) is 0 Å². The van der Waals surface area contributed by atoms with E-state index in [2.05, 4.69) is 12.2 Å². The Bertz CT molecular complexity index is 755. The van der Waals surface area contributed by atoms with Crippen LogP contribution in [0.1, 0.15) is 62.8 Å². The van der Waals surface area contributed by atoms with Crippen LogP contribution in [0.3, 0.4) is 0 Å². The Morgan fingerprint density at radius 1 is 1.15 bits per heavy atom. The second-order valence-corrected chi connectivity index (χ2v) is 7.07. The van der Waals surface area contributed by atoms with Crippen LogP contribution in [-0.4, -0.2) is 23.3 Å². The third-order valence-corrected chi connectivity index (χ3v) is 5.13. The highest BCUT2D eigenvalue weighted by atomic mass is 16.3. The first-order valence-corrected chi connectivity index (χ1v) is 9.89. The predicted octanol–water partition coefficient (Wildman–Crippen LogP) is 4.70. The van der Waals surface area contributed by atoms with Gasteiger partial charge in [0.25, 0.3) is 0 Å². The number of rotatable bonds is 6. The molecule has 0 bridgehead atoms. The van der Waals surface area contributed by atoms with Gasteiger partial charge in [-0.2, -0.15) is 0 Å². The van der Waals surface area contributed by atoms with E-state index in [9.17, 15) is 9.59 Å². The first-order valence-electron chi connectivity index (χ1n) is 9.89. The van der Waals surface area contributed by atoms with Gasteiger partial charge in [-0.15, -0.1) is 0 Å². The number of nitrogens with one attached hydrogen (secondary N) is 1. The second-order valence-electron chi connectivity index (χ2n) is 7.07. The van der Waals surface area contributed by atoms with Crippen LogP contribution in [0.25, 0.3) is 0 Å². The molecule has 144 valence electrons. The van der Waals surface area contributed by atoms with Crippen LogP contribution < -0.4 is 5.32 Å². The maximum absolute atomic E-state index is 12.8. The van der Waals surface area contributed by atoms with Crippen LogP contribution in [0.2, 0.25) is 0 Å². The number of amides is 2. The van der Waals surface area contributed by atoms with Gasteiger partial charge in [-0.05, 0) is 49.1 Å². The van der Waals surface area contributed by atoms with Crippen molar-refractivity contribution in [3.05, 3.63) is 54.0 Å². The number of hydrogen-bond donors (Lipinski definition) is 1. The average Bonchev–Trinajstić information content (AvgIpc) is 3.10. The highest BCUT2D eigenvalue weighted by Gasteiger charge is 2.28. The molecule has 5 heteroatoms. The van der Waals surface area contributed by atoms with Crippen molar-refractivity contribution in [1.82, 2.24) is 4.90 Å². The molecule has 1 saturated heterocycles. The molecule has 1 aromatic carbocycles. The summed E-state index contributed by atoms with van der Waals surface area (Å²) >= 11 is 0. The van der Waals surface area contributed by atoms with Gasteiger partial charge < -0.3 is 14.6 Å². The molecule has 3 rings (SSSR count). The molecule has 1 aliphatic rings. The lowest BCUT2D eigenvalue weighted by atomic mass is 10.1. The first kappa shape index (κ1) is 19.2. The largest absolute Gasteiger partial charge is 0.467 e. The minimum absolute atomic E-state index is 0.0145. The molecule has 2 aromatic rings. The maximum atomic E-state index is 12.8. The second kappa shape index (κ2) is 9.40. The van der Waals surface area contributed by atoms with Gasteiger partial charge in [-0.25, -0.2) is 0 Å². The van der Waals surface area contributed by atoms with Gasteiger partial charge in [0, 0.05) is 25.1 Å². The Hall–Kier alpha value is -2.56. The first-order chi connectivity index (χ1) is 13.2. The molecule has 1 unspecified atom stereocenters. The van der Waals surface area contributed by atoms with Gasteiger partial charge >= 0.3 is 0 Å². The maximum Gasteiger partial charge on any atom is 0.224 e. The molecule has 0 aliphatic carbocycles. The minimum Gasteiger partial charge on any atom is -0.467 e. The molecule has 1 aliphatic heterocycles. The summed E-state index contributed by atoms with van der Waals surface area (Å²) < 4.78 is 5.56. The molecular weight excluding hydrogens is 340 g/mol. The molecule has 1 N–H and O–H groups in total. The third-order valence-electron chi connectivity index (χ3n) is 5.13. The number of carbonyl (C=O) groups excluding carboxylic acids is 2. The summed E-state index contributed by atoms with van der Waals surface area (Å²) in [5.74, 6) is 0.739. The van der Waals surface area contributed by atoms with E-state index < -0.39 is 0 Å². The molecule has 5 nitrogen and oxygen atoms in total. The molecule has 0 spiro atoms. The van der Waals surface area contributed by atoms with E-state index in [-0.39, 0.29) is 30.7 Å². The molecule has 1 atom stereocenters. The molecule has 0 radical (unpaired) electrons. The predicted molar refractivity (Wildman–Crippen MR) is 105 cm³/mol. The van der Waals surface area contributed by atoms with Gasteiger partial charge in [0.2, 0.25) is 11.8 Å². The third kappa shape index (κ3) is 5.22. The average molecular weight is 368 g/mol. The SMILES string of the molecule is CCc1cccc(NC(=O)CCC(=O)N2CCCCCC2c2ccco2)c1. The Morgan fingerprint density at radius 3 is 2.81 bits per heavy atom. The number of hydrogen-bond acceptors (Lipinski definition) is 3. The van der Waals surface area contributed by atoms with E-state index in [0.29, 0.717) is 0 Å². The number of aryl methyl sites for hydroxylation is 1. The van der Waals surface area contributed by atoms with Crippen molar-refractivity contribution in [3.8, 4) is 0 Å². The fourth-order valence-corrected chi connectivity index (χ4v) is 3.64. The summed E-state index contributed by atoms with van der Waals surface area (Å²) in [6.07, 6.45) is 7.10. The summed E-state index contributed by atoms with van der Waals surface area (Å²) in [6, 6.07) is 11.6. The summed E-state index contributed by atoms with van der Waals surface area (Å²) in [6.45, 7) is 2.81. The number of likely N-dealkylation sites (tertiary alicyclic amines) is 1. The standard InChI is InChI=1S/C22H28N2O3/c1-2-17-8-6-9-18(16-17)23-21(25)12-13-22(26)24-14-5-3-4-10-19(24)20-11-7-15-27-20/h6-9,11,15-16,19H,2-5,10,12-14H2,1H3,(H,23,25). The summed E-state index contributed by atoms with van der Waals surface area (Å²) in [7, 11) is 0. The number of anilines is 1. The minimum atomic E-state index is -0.124. The summed E-state index contributed by atoms with van der Waals surface area (Å²) in [5.41, 5.74) is 1.96. The van der Waals surface area contributed by atoms with Crippen LogP contribution in [-0.2, 0) is 16.0 Å². The zero-order valence-corrected chi connectivity index (χ0v) is 15.9. The molecule has 1 fully saturated rings. The Morgan fingerprint density at radius 2 is 2.04 bits per heavy atom. The quantitative estimate of drug-likeness (QED) is 0.803. The van der Waals surface area contributed by atoms with Gasteiger partial charge in [0.05, 0.1) is 12.3 Å². The smallest absolute Gasteiger partial charge is 0.224 e. The van der Waals surface area contributed by atoms with E-state index in [4.69, 9.17) is 4.42 Å². The molecule has 1 aromatic heterocycles. The summed E-state index contributed by atoms with van der Waals surface area (Å²) in [4.78, 5) is 27.0. The van der Waals surface area contributed by atoms with Crippen LogP contribution >= 0.6 is 0 Å². The van der Waals surface area contributed by atoms with E-state index >= 15 is 0 Å². The lowest BCUT2D eigenvalue weighted by Crippen LogP contribution is -2.35. The van der Waals surface area contributed by atoms with Crippen LogP contribution in [0, 0.1) is 0 Å². The fourth-order valence-electron chi connectivity index (χ4n) is 3.64. The van der Waals surface area contributed by atoms with Crippen LogP contribution in [0.4, 0.5) is 5.69 Å². The number of benzene rings is 1. The zero-order chi connectivity index (χ0) is 19.1. The van der Waals surface area contributed by atoms with Crippen molar-refractivity contribution in [2.75, 3.05) is 11.9 Å². The number of furan rings is 1. The van der Waals surface area contributed by atoms with Gasteiger partial charge in [-0.1, -0.05) is 31.9 Å². The molecule has 2 amide bonds. The van der Waals surface area contributed by atoms with Gasteiger partial charge in [0.15, 0.2) is 0 Å². The van der Waals surface area contributed by atoms with Crippen molar-refractivity contribution < 1.29 is 14.0 Å². The van der Waals surface area contributed by atoms with E-state index in [1.165, 1.54) is 5.56 Å².